The Morgan fingerprint density at radius 1 is 1.12 bits per heavy atom. The monoisotopic (exact) mass is 221 g/mol. The van der Waals surface area contributed by atoms with Crippen LogP contribution < -0.4 is 11.1 Å². The molecule has 0 saturated carbocycles. The van der Waals surface area contributed by atoms with Gasteiger partial charge in [0.15, 0.2) is 11.6 Å². The molecule has 0 aliphatic carbocycles. The van der Waals surface area contributed by atoms with Crippen LogP contribution >= 0.6 is 0 Å². The van der Waals surface area contributed by atoms with E-state index in [9.17, 15) is 8.78 Å². The van der Waals surface area contributed by atoms with E-state index in [-0.39, 0.29) is 5.69 Å². The van der Waals surface area contributed by atoms with Gasteiger partial charge in [0.25, 0.3) is 0 Å². The van der Waals surface area contributed by atoms with Crippen LogP contribution in [0.4, 0.5) is 26.0 Å². The smallest absolute Gasteiger partial charge is 0.182 e. The molecule has 0 fully saturated rings. The molecule has 2 aromatic rings. The summed E-state index contributed by atoms with van der Waals surface area (Å²) in [6, 6.07) is 7.12. The molecule has 5 heteroatoms. The molecule has 0 bridgehead atoms. The molecule has 1 heterocycles. The molecule has 3 N–H and O–H groups in total. The van der Waals surface area contributed by atoms with E-state index in [1.807, 2.05) is 0 Å². The average Bonchev–Trinajstić information content (AvgIpc) is 2.28. The van der Waals surface area contributed by atoms with Gasteiger partial charge in [0, 0.05) is 0 Å². The zero-order valence-corrected chi connectivity index (χ0v) is 8.24. The maximum absolute atomic E-state index is 13.3. The number of nitrogens with two attached hydrogens (primary N) is 1. The van der Waals surface area contributed by atoms with Crippen molar-refractivity contribution < 1.29 is 8.78 Å². The van der Waals surface area contributed by atoms with Crippen molar-refractivity contribution >= 4 is 17.2 Å². The van der Waals surface area contributed by atoms with Gasteiger partial charge < -0.3 is 11.1 Å². The molecule has 16 heavy (non-hydrogen) atoms. The van der Waals surface area contributed by atoms with Crippen LogP contribution in [-0.4, -0.2) is 4.98 Å². The summed E-state index contributed by atoms with van der Waals surface area (Å²) in [7, 11) is 0. The number of anilines is 3. The van der Waals surface area contributed by atoms with Crippen LogP contribution in [0.25, 0.3) is 0 Å². The first-order valence-electron chi connectivity index (χ1n) is 4.59. The predicted octanol–water partition coefficient (Wildman–Crippen LogP) is 2.69. The number of rotatable bonds is 2. The molecule has 0 spiro atoms. The Kier molecular flexibility index (Phi) is 2.68. The lowest BCUT2D eigenvalue weighted by Gasteiger charge is -2.07. The SMILES string of the molecule is Nc1ccc(Nc2cccc(F)c2F)cn1. The molecule has 0 aliphatic heterocycles. The second-order valence-corrected chi connectivity index (χ2v) is 3.20. The van der Waals surface area contributed by atoms with Crippen molar-refractivity contribution in [2.45, 2.75) is 0 Å². The van der Waals surface area contributed by atoms with Gasteiger partial charge in [0.2, 0.25) is 0 Å². The van der Waals surface area contributed by atoms with Crippen molar-refractivity contribution in [3.05, 3.63) is 48.2 Å². The second-order valence-electron chi connectivity index (χ2n) is 3.20. The van der Waals surface area contributed by atoms with E-state index in [2.05, 4.69) is 10.3 Å². The number of hydrogen-bond acceptors (Lipinski definition) is 3. The van der Waals surface area contributed by atoms with Crippen LogP contribution in [0.5, 0.6) is 0 Å². The molecular weight excluding hydrogens is 212 g/mol. The zero-order valence-electron chi connectivity index (χ0n) is 8.24. The highest BCUT2D eigenvalue weighted by Gasteiger charge is 2.07. The van der Waals surface area contributed by atoms with E-state index in [1.54, 1.807) is 12.1 Å². The first kappa shape index (κ1) is 10.4. The number of nitrogens with zero attached hydrogens (tertiary/aromatic N) is 1. The quantitative estimate of drug-likeness (QED) is 0.819. The third-order valence-corrected chi connectivity index (χ3v) is 2.02. The fourth-order valence-corrected chi connectivity index (χ4v) is 1.24. The van der Waals surface area contributed by atoms with E-state index in [0.29, 0.717) is 11.5 Å². The summed E-state index contributed by atoms with van der Waals surface area (Å²) >= 11 is 0. The maximum atomic E-state index is 13.3. The van der Waals surface area contributed by atoms with E-state index >= 15 is 0 Å². The maximum Gasteiger partial charge on any atom is 0.182 e. The van der Waals surface area contributed by atoms with Crippen LogP contribution in [-0.2, 0) is 0 Å². The largest absolute Gasteiger partial charge is 0.384 e. The highest BCUT2D eigenvalue weighted by atomic mass is 19.2. The third-order valence-electron chi connectivity index (χ3n) is 2.02. The summed E-state index contributed by atoms with van der Waals surface area (Å²) in [4.78, 5) is 3.83. The Balaban J connectivity index is 2.27. The minimum atomic E-state index is -0.917. The first-order chi connectivity index (χ1) is 7.66. The lowest BCUT2D eigenvalue weighted by atomic mass is 10.3. The molecule has 82 valence electrons. The molecule has 0 saturated heterocycles. The number of benzene rings is 1. The topological polar surface area (TPSA) is 50.9 Å². The summed E-state index contributed by atoms with van der Waals surface area (Å²) in [5.41, 5.74) is 6.00. The Morgan fingerprint density at radius 3 is 2.62 bits per heavy atom. The van der Waals surface area contributed by atoms with E-state index in [1.165, 1.54) is 18.3 Å². The number of nitrogen functional groups attached to an aromatic ring is 1. The molecule has 1 aromatic heterocycles. The number of aromatic nitrogens is 1. The predicted molar refractivity (Wildman–Crippen MR) is 58.3 cm³/mol. The molecule has 0 atom stereocenters. The van der Waals surface area contributed by atoms with Gasteiger partial charge in [-0.15, -0.1) is 0 Å². The highest BCUT2D eigenvalue weighted by Crippen LogP contribution is 2.21. The van der Waals surface area contributed by atoms with E-state index < -0.39 is 11.6 Å². The molecule has 0 aliphatic rings. The van der Waals surface area contributed by atoms with Crippen molar-refractivity contribution in [2.24, 2.45) is 0 Å². The summed E-state index contributed by atoms with van der Waals surface area (Å²) in [5, 5.41) is 2.71. The van der Waals surface area contributed by atoms with E-state index in [0.717, 1.165) is 6.07 Å². The van der Waals surface area contributed by atoms with Gasteiger partial charge in [-0.3, -0.25) is 0 Å². The van der Waals surface area contributed by atoms with Crippen LogP contribution in [0.3, 0.4) is 0 Å². The van der Waals surface area contributed by atoms with Crippen LogP contribution in [0.2, 0.25) is 0 Å². The minimum absolute atomic E-state index is 0.0616. The molecule has 1 aromatic carbocycles. The summed E-state index contributed by atoms with van der Waals surface area (Å²) < 4.78 is 26.2. The average molecular weight is 221 g/mol. The van der Waals surface area contributed by atoms with Crippen LogP contribution in [0, 0.1) is 11.6 Å². The molecular formula is C11H9F2N3. The van der Waals surface area contributed by atoms with Gasteiger partial charge in [-0.25, -0.2) is 13.8 Å². The lowest BCUT2D eigenvalue weighted by Crippen LogP contribution is -1.97. The Hall–Kier alpha value is -2.17. The van der Waals surface area contributed by atoms with Crippen LogP contribution in [0.15, 0.2) is 36.5 Å². The molecule has 0 amide bonds. The zero-order chi connectivity index (χ0) is 11.5. The molecule has 0 radical (unpaired) electrons. The number of hydrogen-bond donors (Lipinski definition) is 2. The van der Waals surface area contributed by atoms with Crippen molar-refractivity contribution in [2.75, 3.05) is 11.1 Å². The van der Waals surface area contributed by atoms with Gasteiger partial charge in [-0.05, 0) is 24.3 Å². The van der Waals surface area contributed by atoms with Crippen molar-refractivity contribution in [1.82, 2.24) is 4.98 Å². The van der Waals surface area contributed by atoms with E-state index in [4.69, 9.17) is 5.73 Å². The number of pyridine rings is 1. The Labute approximate surface area is 90.9 Å². The van der Waals surface area contributed by atoms with Gasteiger partial charge in [0.1, 0.15) is 5.82 Å². The Morgan fingerprint density at radius 2 is 1.94 bits per heavy atom. The summed E-state index contributed by atoms with van der Waals surface area (Å²) in [6.07, 6.45) is 1.44. The molecule has 3 nitrogen and oxygen atoms in total. The molecule has 2 rings (SSSR count). The standard InChI is InChI=1S/C11H9F2N3/c12-8-2-1-3-9(11(8)13)16-7-4-5-10(14)15-6-7/h1-6,16H,(H2,14,15). The van der Waals surface area contributed by atoms with Crippen molar-refractivity contribution in [3.63, 3.8) is 0 Å². The molecule has 0 unspecified atom stereocenters. The summed E-state index contributed by atoms with van der Waals surface area (Å²) in [6.45, 7) is 0. The Bertz CT molecular complexity index is 497. The first-order valence-corrected chi connectivity index (χ1v) is 4.59. The van der Waals surface area contributed by atoms with Crippen LogP contribution in [0.1, 0.15) is 0 Å². The fourth-order valence-electron chi connectivity index (χ4n) is 1.24. The normalized spacial score (nSPS) is 10.1. The number of halogens is 2. The van der Waals surface area contributed by atoms with Gasteiger partial charge >= 0.3 is 0 Å². The number of nitrogens with one attached hydrogen (secondary N) is 1. The summed E-state index contributed by atoms with van der Waals surface area (Å²) in [5.74, 6) is -1.45. The highest BCUT2D eigenvalue weighted by molar-refractivity contribution is 5.60. The fraction of sp³-hybridized carbons (Fsp3) is 0. The lowest BCUT2D eigenvalue weighted by molar-refractivity contribution is 0.512. The van der Waals surface area contributed by atoms with Crippen molar-refractivity contribution in [1.29, 1.82) is 0 Å². The van der Waals surface area contributed by atoms with Gasteiger partial charge in [-0.2, -0.15) is 0 Å². The second kappa shape index (κ2) is 4.14. The van der Waals surface area contributed by atoms with Gasteiger partial charge in [0.05, 0.1) is 17.6 Å². The van der Waals surface area contributed by atoms with Crippen molar-refractivity contribution in [3.8, 4) is 0 Å². The third kappa shape index (κ3) is 2.08. The van der Waals surface area contributed by atoms with Gasteiger partial charge in [-0.1, -0.05) is 6.07 Å². The minimum Gasteiger partial charge on any atom is -0.384 e.